The van der Waals surface area contributed by atoms with E-state index in [0.717, 1.165) is 86.3 Å². The molecule has 448 valence electrons. The van der Waals surface area contributed by atoms with Gasteiger partial charge >= 0.3 is 6.01 Å². The average molecular weight is 1180 g/mol. The van der Waals surface area contributed by atoms with Crippen LogP contribution in [-0.2, 0) is 23.9 Å². The number of aliphatic hydroxyl groups is 1. The number of piperidine rings is 1. The van der Waals surface area contributed by atoms with Crippen molar-refractivity contribution in [1.82, 2.24) is 40.4 Å². The quantitative estimate of drug-likeness (QED) is 0.0395. The molecule has 3 N–H and O–H groups in total. The Morgan fingerprint density at radius 1 is 0.941 bits per heavy atom. The second-order valence-corrected chi connectivity index (χ2v) is 25.9. The third-order valence-electron chi connectivity index (χ3n) is 17.8. The van der Waals surface area contributed by atoms with Crippen LogP contribution in [0.5, 0.6) is 11.8 Å². The average Bonchev–Trinajstić information content (AvgIpc) is 1.81. The molecule has 3 aromatic carbocycles. The highest BCUT2D eigenvalue weighted by molar-refractivity contribution is 7.13. The van der Waals surface area contributed by atoms with E-state index in [4.69, 9.17) is 40.3 Å². The van der Waals surface area contributed by atoms with Gasteiger partial charge in [-0.2, -0.15) is 9.97 Å². The first-order chi connectivity index (χ1) is 40.7. The summed E-state index contributed by atoms with van der Waals surface area (Å²) < 4.78 is 56.5. The summed E-state index contributed by atoms with van der Waals surface area (Å²) in [4.78, 5) is 67.7. The van der Waals surface area contributed by atoms with Crippen molar-refractivity contribution in [3.63, 3.8) is 0 Å². The summed E-state index contributed by atoms with van der Waals surface area (Å²) in [5, 5.41) is 18.1. The maximum absolute atomic E-state index is 17.5. The number of carbonyl (C=O) groups excluding carboxylic acids is 3. The summed E-state index contributed by atoms with van der Waals surface area (Å²) in [6.07, 6.45) is 15.5. The summed E-state index contributed by atoms with van der Waals surface area (Å²) in [6, 6.07) is 11.9. The van der Waals surface area contributed by atoms with E-state index >= 15 is 8.78 Å². The summed E-state index contributed by atoms with van der Waals surface area (Å²) in [5.41, 5.74) is 4.71. The van der Waals surface area contributed by atoms with Crippen LogP contribution in [0.15, 0.2) is 66.2 Å². The van der Waals surface area contributed by atoms with Gasteiger partial charge in [-0.25, -0.2) is 18.7 Å². The molecule has 2 saturated carbocycles. The highest BCUT2D eigenvalue weighted by atomic mass is 32.1. The summed E-state index contributed by atoms with van der Waals surface area (Å²) in [5.74, 6) is 0.811. The van der Waals surface area contributed by atoms with Gasteiger partial charge < -0.3 is 49.4 Å². The fourth-order valence-corrected chi connectivity index (χ4v) is 13.6. The first-order valence-electron chi connectivity index (χ1n) is 29.4. The number of halogens is 2. The molecule has 3 amide bonds. The number of pyridine rings is 1. The van der Waals surface area contributed by atoms with Crippen molar-refractivity contribution in [2.75, 3.05) is 71.3 Å². The number of nitrogens with one attached hydrogen (secondary N) is 2. The molecule has 6 aromatic rings. The molecule has 85 heavy (non-hydrogen) atoms. The lowest BCUT2D eigenvalue weighted by Crippen LogP contribution is -2.58. The third-order valence-corrected chi connectivity index (χ3v) is 18.8. The molecule has 2 aliphatic carbocycles. The molecule has 20 heteroatoms. The van der Waals surface area contributed by atoms with Gasteiger partial charge in [0.2, 0.25) is 17.7 Å². The van der Waals surface area contributed by atoms with E-state index in [1.165, 1.54) is 18.1 Å². The normalized spacial score (nSPS) is 20.1. The Bertz CT molecular complexity index is 3580. The zero-order chi connectivity index (χ0) is 60.0. The van der Waals surface area contributed by atoms with Gasteiger partial charge in [-0.05, 0) is 124 Å². The Kier molecular flexibility index (Phi) is 17.0. The second kappa shape index (κ2) is 24.3. The Hall–Kier alpha value is -7.15. The number of rotatable bonds is 19. The number of nitrogens with zero attached hydrogens (tertiary/aromatic N) is 7. The zero-order valence-corrected chi connectivity index (χ0v) is 50.3. The summed E-state index contributed by atoms with van der Waals surface area (Å²) in [6.45, 7) is 15.2. The molecular formula is C65H75F2N9O8S. The van der Waals surface area contributed by atoms with E-state index in [-0.39, 0.29) is 83.6 Å². The number of terminal acetylenes is 1. The lowest BCUT2D eigenvalue weighted by atomic mass is 9.61. The van der Waals surface area contributed by atoms with Crippen LogP contribution in [0.25, 0.3) is 43.4 Å². The van der Waals surface area contributed by atoms with Crippen LogP contribution in [0.2, 0.25) is 0 Å². The molecule has 4 atom stereocenters. The molecule has 3 aromatic heterocycles. The Labute approximate surface area is 498 Å². The Balaban J connectivity index is 0.691. The molecule has 17 nitrogen and oxygen atoms in total. The number of anilines is 1. The van der Waals surface area contributed by atoms with Gasteiger partial charge in [-0.1, -0.05) is 69.2 Å². The molecule has 0 unspecified atom stereocenters. The fourth-order valence-electron chi connectivity index (χ4n) is 12.8. The Morgan fingerprint density at radius 2 is 1.71 bits per heavy atom. The zero-order valence-electron chi connectivity index (χ0n) is 49.4. The molecule has 3 aliphatic heterocycles. The number of fused-ring (bicyclic) bond motifs is 2. The number of thiazole rings is 1. The van der Waals surface area contributed by atoms with Crippen molar-refractivity contribution in [2.45, 2.75) is 123 Å². The monoisotopic (exact) mass is 1180 g/mol. The number of carbonyl (C=O) groups is 3. The van der Waals surface area contributed by atoms with Gasteiger partial charge in [0.15, 0.2) is 12.6 Å². The van der Waals surface area contributed by atoms with Crippen LogP contribution < -0.4 is 25.0 Å². The van der Waals surface area contributed by atoms with Crippen LogP contribution in [0.1, 0.15) is 108 Å². The largest absolute Gasteiger partial charge is 0.468 e. The maximum Gasteiger partial charge on any atom is 0.319 e. The minimum Gasteiger partial charge on any atom is -0.468 e. The van der Waals surface area contributed by atoms with Crippen molar-refractivity contribution in [3.8, 4) is 45.8 Å². The Morgan fingerprint density at radius 3 is 2.38 bits per heavy atom. The minimum atomic E-state index is -0.967. The molecule has 1 spiro atoms. The number of hydrogen-bond donors (Lipinski definition) is 3. The SMILES string of the molecule is C#Cc1c(F)ccc2cc(OCOC)cc(-c3nc(C)c4c(N5CC=CCC5)nc(OCC5(CN6CCC7(CC6)CC(OCC(=O)N[C@H](C(=O)N6C[C@H](O)C[C@H]6C(=O)N[C@@H](C)c6ccc(-c8scnc8C)cc6)C(C)(C)C)C7)CC5)nc4c3F)c12. The van der Waals surface area contributed by atoms with E-state index in [9.17, 15) is 19.5 Å². The van der Waals surface area contributed by atoms with Crippen LogP contribution in [0.3, 0.4) is 0 Å². The van der Waals surface area contributed by atoms with E-state index in [2.05, 4.69) is 43.5 Å². The van der Waals surface area contributed by atoms with Crippen molar-refractivity contribution >= 4 is 56.6 Å². The van der Waals surface area contributed by atoms with Crippen molar-refractivity contribution in [3.05, 3.63) is 100 Å². The van der Waals surface area contributed by atoms with Gasteiger partial charge in [0.05, 0.1) is 57.6 Å². The third kappa shape index (κ3) is 12.6. The molecule has 5 aliphatic rings. The lowest BCUT2D eigenvalue weighted by Gasteiger charge is -2.52. The van der Waals surface area contributed by atoms with E-state index in [1.807, 2.05) is 64.4 Å². The number of β-amino-alcohol motifs (C(OH)–C–C–N with tert-alkyl or cyclic N) is 1. The maximum atomic E-state index is 17.5. The van der Waals surface area contributed by atoms with Crippen molar-refractivity contribution in [2.24, 2.45) is 16.2 Å². The summed E-state index contributed by atoms with van der Waals surface area (Å²) >= 11 is 1.57. The molecule has 0 bridgehead atoms. The van der Waals surface area contributed by atoms with Crippen LogP contribution in [0.4, 0.5) is 14.6 Å². The number of amides is 3. The van der Waals surface area contributed by atoms with Crippen molar-refractivity contribution in [1.29, 1.82) is 0 Å². The van der Waals surface area contributed by atoms with Gasteiger partial charge in [0.1, 0.15) is 47.3 Å². The van der Waals surface area contributed by atoms with Crippen LogP contribution in [-0.4, -0.2) is 143 Å². The van der Waals surface area contributed by atoms with Gasteiger partial charge in [0, 0.05) is 56.1 Å². The number of hydrogen-bond acceptors (Lipinski definition) is 15. The van der Waals surface area contributed by atoms with Crippen LogP contribution >= 0.6 is 11.3 Å². The smallest absolute Gasteiger partial charge is 0.319 e. The number of likely N-dealkylation sites (tertiary alicyclic amines) is 2. The first kappa shape index (κ1) is 59.6. The predicted octanol–water partition coefficient (Wildman–Crippen LogP) is 9.38. The molecule has 11 rings (SSSR count). The second-order valence-electron chi connectivity index (χ2n) is 25.1. The highest BCUT2D eigenvalue weighted by Crippen LogP contribution is 2.53. The number of methoxy groups -OCH3 is 1. The first-order valence-corrected chi connectivity index (χ1v) is 30.3. The van der Waals surface area contributed by atoms with Crippen LogP contribution in [0, 0.1) is 54.1 Å². The number of ether oxygens (including phenoxy) is 4. The van der Waals surface area contributed by atoms with E-state index in [0.29, 0.717) is 53.1 Å². The molecular weight excluding hydrogens is 1100 g/mol. The molecule has 0 radical (unpaired) electrons. The number of aryl methyl sites for hydroxylation is 2. The van der Waals surface area contributed by atoms with Gasteiger partial charge in [-0.15, -0.1) is 17.8 Å². The highest BCUT2D eigenvalue weighted by Gasteiger charge is 2.50. The number of aliphatic hydroxyl groups excluding tert-OH is 1. The van der Waals surface area contributed by atoms with E-state index < -0.39 is 47.1 Å². The topological polar surface area (TPSA) is 194 Å². The standard InChI is InChI=1S/C65H75F2N9O8S/c1-9-47-49(66)18-17-43-27-45(84-37-81-8)29-48(53(43)47)55-54(67)56-52(39(3)69-55)59(75-23-11-10-12-24-75)73-62(72-56)83-35-65(19-20-65)34-74-25-21-64(22-26-74)30-46(31-64)82-33-51(78)71-58(63(5,6)7)61(80)76-32-44(77)28-50(76)60(79)70-38(2)41-13-15-42(16-14-41)57-40(4)68-36-85-57/h1,10-11,13-18,27,29,36,38,44,46,50,58,77H,12,19-26,28,30-35,37H2,2-8H3,(H,70,79)(H,71,78)/t38-,44+,50-,58+/m0/s1. The lowest BCUT2D eigenvalue weighted by molar-refractivity contribution is -0.148. The molecule has 4 fully saturated rings. The summed E-state index contributed by atoms with van der Waals surface area (Å²) in [7, 11) is 1.50. The van der Waals surface area contributed by atoms with Crippen molar-refractivity contribution < 1.29 is 47.2 Å². The van der Waals surface area contributed by atoms with Gasteiger partial charge in [0.25, 0.3) is 0 Å². The number of benzene rings is 3. The van der Waals surface area contributed by atoms with E-state index in [1.54, 1.807) is 36.5 Å². The van der Waals surface area contributed by atoms with Gasteiger partial charge in [-0.3, -0.25) is 14.4 Å². The number of aromatic nitrogens is 4. The molecule has 2 saturated heterocycles. The minimum absolute atomic E-state index is 0.0194. The fraction of sp³-hybridized carbons (Fsp3) is 0.492. The predicted molar refractivity (Wildman–Crippen MR) is 322 cm³/mol. The molecule has 6 heterocycles.